The van der Waals surface area contributed by atoms with Crippen LogP contribution in [0, 0.1) is 0 Å². The van der Waals surface area contributed by atoms with Gasteiger partial charge >= 0.3 is 0 Å². The molecule has 0 aromatic heterocycles. The number of nitrogens with one attached hydrogen (secondary N) is 2. The van der Waals surface area contributed by atoms with E-state index in [2.05, 4.69) is 28.8 Å². The highest BCUT2D eigenvalue weighted by Gasteiger charge is 2.30. The number of halogens is 1. The molecule has 1 aliphatic carbocycles. The first-order valence-electron chi connectivity index (χ1n) is 7.03. The number of benzene rings is 1. The molecule has 0 spiro atoms. The average molecular weight is 297 g/mol. The van der Waals surface area contributed by atoms with Crippen molar-refractivity contribution in [1.29, 1.82) is 0 Å². The zero-order chi connectivity index (χ0) is 13.2. The fourth-order valence-corrected chi connectivity index (χ4v) is 3.09. The fraction of sp³-hybridized carbons (Fsp3) is 0.533. The van der Waals surface area contributed by atoms with E-state index in [0.717, 1.165) is 19.3 Å². The number of aryl methyl sites for hydroxylation is 1. The van der Waals surface area contributed by atoms with Crippen LogP contribution in [0.4, 0.5) is 0 Å². The van der Waals surface area contributed by atoms with Gasteiger partial charge in [-0.15, -0.1) is 12.4 Å². The van der Waals surface area contributed by atoms with Crippen LogP contribution >= 0.6 is 12.4 Å². The molecule has 0 radical (unpaired) electrons. The molecule has 110 valence electrons. The summed E-state index contributed by atoms with van der Waals surface area (Å²) < 4.78 is 0. The lowest BCUT2D eigenvalue weighted by Gasteiger charge is -2.27. The third kappa shape index (κ3) is 3.14. The summed E-state index contributed by atoms with van der Waals surface area (Å²) in [6, 6.07) is 8.21. The van der Waals surface area contributed by atoms with Crippen molar-refractivity contribution in [2.45, 2.75) is 43.9 Å². The second kappa shape index (κ2) is 6.57. The smallest absolute Gasteiger partial charge is 0.237 e. The molecule has 3 rings (SSSR count). The van der Waals surface area contributed by atoms with Gasteiger partial charge in [0, 0.05) is 6.54 Å². The summed E-state index contributed by atoms with van der Waals surface area (Å²) >= 11 is 0. The number of aliphatic hydroxyl groups excluding tert-OH is 1. The van der Waals surface area contributed by atoms with Gasteiger partial charge in [0.1, 0.15) is 0 Å². The van der Waals surface area contributed by atoms with Crippen molar-refractivity contribution in [3.8, 4) is 0 Å². The molecule has 3 unspecified atom stereocenters. The third-order valence-corrected chi connectivity index (χ3v) is 4.11. The first-order valence-corrected chi connectivity index (χ1v) is 7.03. The van der Waals surface area contributed by atoms with Crippen LogP contribution in [-0.4, -0.2) is 29.7 Å². The largest absolute Gasteiger partial charge is 0.392 e. The lowest BCUT2D eigenvalue weighted by molar-refractivity contribution is -0.123. The number of rotatable bonds is 2. The molecule has 1 aliphatic heterocycles. The van der Waals surface area contributed by atoms with E-state index in [9.17, 15) is 9.90 Å². The standard InChI is InChI=1S/C15H20N2O2.ClH/c18-11-8-14(16-9-11)15(19)17-13-7-3-5-10-4-1-2-6-12(10)13;/h1-2,4,6,11,13-14,16,18H,3,5,7-9H2,(H,17,19);1H. The van der Waals surface area contributed by atoms with Crippen molar-refractivity contribution >= 4 is 18.3 Å². The predicted octanol–water partition coefficient (Wildman–Crippen LogP) is 1.32. The Kier molecular flexibility index (Phi) is 5.02. The van der Waals surface area contributed by atoms with Crippen molar-refractivity contribution in [2.24, 2.45) is 0 Å². The van der Waals surface area contributed by atoms with E-state index in [-0.39, 0.29) is 30.4 Å². The molecule has 20 heavy (non-hydrogen) atoms. The molecule has 1 amide bonds. The van der Waals surface area contributed by atoms with Crippen LogP contribution < -0.4 is 10.6 Å². The van der Waals surface area contributed by atoms with Gasteiger partial charge in [-0.25, -0.2) is 0 Å². The molecule has 3 N–H and O–H groups in total. The van der Waals surface area contributed by atoms with Gasteiger partial charge in [-0.2, -0.15) is 0 Å². The van der Waals surface area contributed by atoms with E-state index >= 15 is 0 Å². The van der Waals surface area contributed by atoms with Crippen molar-refractivity contribution in [3.63, 3.8) is 0 Å². The Balaban J connectivity index is 0.00000147. The summed E-state index contributed by atoms with van der Waals surface area (Å²) in [6.07, 6.45) is 3.33. The number of hydrogen-bond donors (Lipinski definition) is 3. The Morgan fingerprint density at radius 3 is 2.90 bits per heavy atom. The highest BCUT2D eigenvalue weighted by molar-refractivity contribution is 5.85. The molecular formula is C15H21ClN2O2. The van der Waals surface area contributed by atoms with Crippen LogP contribution in [0.5, 0.6) is 0 Å². The molecule has 1 saturated heterocycles. The molecule has 2 aliphatic rings. The highest BCUT2D eigenvalue weighted by Crippen LogP contribution is 2.29. The van der Waals surface area contributed by atoms with Crippen molar-refractivity contribution in [3.05, 3.63) is 35.4 Å². The van der Waals surface area contributed by atoms with Crippen LogP contribution in [0.25, 0.3) is 0 Å². The van der Waals surface area contributed by atoms with Crippen LogP contribution in [0.2, 0.25) is 0 Å². The first kappa shape index (κ1) is 15.3. The number of aliphatic hydroxyl groups is 1. The SMILES string of the molecule is Cl.O=C(NC1CCCc2ccccc21)C1CC(O)CN1. The number of fused-ring (bicyclic) bond motifs is 1. The van der Waals surface area contributed by atoms with Gasteiger partial charge in [0.15, 0.2) is 0 Å². The minimum absolute atomic E-state index is 0. The summed E-state index contributed by atoms with van der Waals surface area (Å²) in [4.78, 5) is 12.2. The van der Waals surface area contributed by atoms with Crippen LogP contribution in [0.1, 0.15) is 36.4 Å². The second-order valence-corrected chi connectivity index (χ2v) is 5.50. The summed E-state index contributed by atoms with van der Waals surface area (Å²) in [7, 11) is 0. The molecular weight excluding hydrogens is 276 g/mol. The van der Waals surface area contributed by atoms with E-state index in [4.69, 9.17) is 0 Å². The average Bonchev–Trinajstić information content (AvgIpc) is 2.86. The van der Waals surface area contributed by atoms with Gasteiger partial charge in [-0.1, -0.05) is 24.3 Å². The maximum atomic E-state index is 12.2. The zero-order valence-corrected chi connectivity index (χ0v) is 12.2. The number of carbonyl (C=O) groups excluding carboxylic acids is 1. The summed E-state index contributed by atoms with van der Waals surface area (Å²) in [6.45, 7) is 0.513. The fourth-order valence-electron chi connectivity index (χ4n) is 3.09. The Morgan fingerprint density at radius 2 is 2.15 bits per heavy atom. The normalized spacial score (nSPS) is 28.4. The number of carbonyl (C=O) groups is 1. The molecule has 0 saturated carbocycles. The maximum Gasteiger partial charge on any atom is 0.237 e. The number of amides is 1. The van der Waals surface area contributed by atoms with Gasteiger partial charge in [0.25, 0.3) is 0 Å². The summed E-state index contributed by atoms with van der Waals surface area (Å²) in [5.74, 6) is 0.0123. The Morgan fingerprint density at radius 1 is 1.35 bits per heavy atom. The van der Waals surface area contributed by atoms with E-state index < -0.39 is 6.10 Å². The van der Waals surface area contributed by atoms with E-state index in [1.165, 1.54) is 11.1 Å². The van der Waals surface area contributed by atoms with Gasteiger partial charge in [-0.05, 0) is 36.8 Å². The molecule has 3 atom stereocenters. The minimum atomic E-state index is -0.394. The van der Waals surface area contributed by atoms with E-state index in [1.807, 2.05) is 6.07 Å². The maximum absolute atomic E-state index is 12.2. The molecule has 1 fully saturated rings. The molecule has 5 heteroatoms. The highest BCUT2D eigenvalue weighted by atomic mass is 35.5. The quantitative estimate of drug-likeness (QED) is 0.771. The Hall–Kier alpha value is -1.10. The first-order chi connectivity index (χ1) is 9.24. The predicted molar refractivity (Wildman–Crippen MR) is 79.9 cm³/mol. The van der Waals surface area contributed by atoms with Crippen molar-refractivity contribution in [1.82, 2.24) is 10.6 Å². The third-order valence-electron chi connectivity index (χ3n) is 4.11. The van der Waals surface area contributed by atoms with Gasteiger partial charge in [-0.3, -0.25) is 4.79 Å². The number of β-amino-alcohol motifs (C(OH)–C–C–N with tert-alkyl or cyclic N) is 1. The Labute approximate surface area is 125 Å². The Bertz CT molecular complexity index is 481. The molecule has 0 bridgehead atoms. The van der Waals surface area contributed by atoms with Crippen LogP contribution in [0.15, 0.2) is 24.3 Å². The van der Waals surface area contributed by atoms with Gasteiger partial charge in [0.05, 0.1) is 18.2 Å². The molecule has 1 aromatic rings. The van der Waals surface area contributed by atoms with Gasteiger partial charge < -0.3 is 15.7 Å². The summed E-state index contributed by atoms with van der Waals surface area (Å²) in [5.41, 5.74) is 2.60. The monoisotopic (exact) mass is 296 g/mol. The van der Waals surface area contributed by atoms with E-state index in [1.54, 1.807) is 0 Å². The van der Waals surface area contributed by atoms with E-state index in [0.29, 0.717) is 13.0 Å². The number of hydrogen-bond acceptors (Lipinski definition) is 3. The van der Waals surface area contributed by atoms with Gasteiger partial charge in [0.2, 0.25) is 5.91 Å². The van der Waals surface area contributed by atoms with Crippen LogP contribution in [-0.2, 0) is 11.2 Å². The lowest BCUT2D eigenvalue weighted by atomic mass is 9.87. The molecule has 1 aromatic carbocycles. The zero-order valence-electron chi connectivity index (χ0n) is 11.3. The summed E-state index contributed by atoms with van der Waals surface area (Å²) in [5, 5.41) is 15.7. The molecule has 4 nitrogen and oxygen atoms in total. The molecule has 1 heterocycles. The van der Waals surface area contributed by atoms with Crippen LogP contribution in [0.3, 0.4) is 0 Å². The lowest BCUT2D eigenvalue weighted by Crippen LogP contribution is -2.42. The van der Waals surface area contributed by atoms with Crippen molar-refractivity contribution in [2.75, 3.05) is 6.54 Å². The second-order valence-electron chi connectivity index (χ2n) is 5.50. The van der Waals surface area contributed by atoms with Crippen molar-refractivity contribution < 1.29 is 9.90 Å². The topological polar surface area (TPSA) is 61.4 Å². The minimum Gasteiger partial charge on any atom is -0.392 e.